The van der Waals surface area contributed by atoms with Gasteiger partial charge < -0.3 is 0 Å². The summed E-state index contributed by atoms with van der Waals surface area (Å²) in [6.07, 6.45) is 4.60. The number of fused-ring (bicyclic) bond motifs is 3. The van der Waals surface area contributed by atoms with Crippen LogP contribution in [0.15, 0.2) is 48.9 Å². The summed E-state index contributed by atoms with van der Waals surface area (Å²) >= 11 is 0. The second kappa shape index (κ2) is 5.33. The molecule has 0 radical (unpaired) electrons. The molecule has 0 N–H and O–H groups in total. The number of halogens is 3. The number of aryl methyl sites for hydroxylation is 1. The number of pyridine rings is 2. The highest BCUT2D eigenvalue weighted by molar-refractivity contribution is 6.08. The Morgan fingerprint density at radius 2 is 1.79 bits per heavy atom. The van der Waals surface area contributed by atoms with Crippen molar-refractivity contribution in [3.05, 3.63) is 60.4 Å². The molecule has 4 rings (SSSR count). The molecule has 24 heavy (non-hydrogen) atoms. The maximum absolute atomic E-state index is 13.8. The predicted molar refractivity (Wildman–Crippen MR) is 86.4 cm³/mol. The van der Waals surface area contributed by atoms with Crippen LogP contribution in [0, 0.1) is 12.7 Å². The van der Waals surface area contributed by atoms with E-state index in [4.69, 9.17) is 0 Å². The van der Waals surface area contributed by atoms with E-state index >= 15 is 0 Å². The number of hydrogen-bond donors (Lipinski definition) is 0. The van der Waals surface area contributed by atoms with Crippen LogP contribution < -0.4 is 0 Å². The van der Waals surface area contributed by atoms with E-state index in [-0.39, 0.29) is 0 Å². The Balaban J connectivity index is 2.02. The highest BCUT2D eigenvalue weighted by Gasteiger charge is 2.17. The standard InChI is InChI=1S/C18H12F3N3/c1-10-15(19)6-12(8-23-10)11-2-3-13-14-9-22-5-4-16(14)24(18(20)21)17(13)7-11/h2-9,18H,1H3. The van der Waals surface area contributed by atoms with Crippen molar-refractivity contribution in [1.82, 2.24) is 14.5 Å². The average Bonchev–Trinajstić information content (AvgIpc) is 2.91. The van der Waals surface area contributed by atoms with Crippen molar-refractivity contribution in [1.29, 1.82) is 0 Å². The van der Waals surface area contributed by atoms with Crippen LogP contribution in [0.2, 0.25) is 0 Å². The minimum Gasteiger partial charge on any atom is -0.284 e. The van der Waals surface area contributed by atoms with Crippen molar-refractivity contribution < 1.29 is 13.2 Å². The van der Waals surface area contributed by atoms with Gasteiger partial charge in [-0.2, -0.15) is 8.78 Å². The first-order chi connectivity index (χ1) is 11.6. The zero-order valence-corrected chi connectivity index (χ0v) is 12.7. The maximum atomic E-state index is 13.8. The van der Waals surface area contributed by atoms with Crippen LogP contribution in [0.5, 0.6) is 0 Å². The van der Waals surface area contributed by atoms with Crippen LogP contribution in [-0.2, 0) is 0 Å². The van der Waals surface area contributed by atoms with E-state index in [1.807, 2.05) is 0 Å². The third kappa shape index (κ3) is 2.14. The fourth-order valence-corrected chi connectivity index (χ4v) is 2.95. The van der Waals surface area contributed by atoms with E-state index in [1.165, 1.54) is 18.5 Å². The van der Waals surface area contributed by atoms with E-state index in [1.54, 1.807) is 37.4 Å². The van der Waals surface area contributed by atoms with Gasteiger partial charge in [-0.1, -0.05) is 12.1 Å². The molecule has 1 aromatic carbocycles. The Hall–Kier alpha value is -2.89. The van der Waals surface area contributed by atoms with Crippen molar-refractivity contribution >= 4 is 21.8 Å². The Bertz CT molecular complexity index is 1070. The quantitative estimate of drug-likeness (QED) is 0.513. The van der Waals surface area contributed by atoms with Gasteiger partial charge in [0.05, 0.1) is 16.7 Å². The van der Waals surface area contributed by atoms with Crippen LogP contribution in [0.1, 0.15) is 12.2 Å². The molecule has 4 aromatic rings. The molecule has 0 aliphatic carbocycles. The molecular formula is C18H12F3N3. The van der Waals surface area contributed by atoms with Crippen molar-refractivity contribution in [2.45, 2.75) is 13.5 Å². The number of hydrogen-bond acceptors (Lipinski definition) is 2. The first-order valence-electron chi connectivity index (χ1n) is 7.34. The molecule has 3 aromatic heterocycles. The number of alkyl halides is 2. The fourth-order valence-electron chi connectivity index (χ4n) is 2.95. The van der Waals surface area contributed by atoms with E-state index in [0.717, 1.165) is 4.57 Å². The molecular weight excluding hydrogens is 315 g/mol. The molecule has 3 nitrogen and oxygen atoms in total. The third-order valence-corrected chi connectivity index (χ3v) is 4.16. The van der Waals surface area contributed by atoms with Crippen LogP contribution in [-0.4, -0.2) is 14.5 Å². The van der Waals surface area contributed by atoms with Gasteiger partial charge in [-0.25, -0.2) is 4.39 Å². The van der Waals surface area contributed by atoms with Gasteiger partial charge in [0.1, 0.15) is 5.82 Å². The molecule has 6 heteroatoms. The van der Waals surface area contributed by atoms with E-state index < -0.39 is 12.4 Å². The molecule has 0 spiro atoms. The normalized spacial score (nSPS) is 11.7. The van der Waals surface area contributed by atoms with Gasteiger partial charge >= 0.3 is 6.55 Å². The molecule has 0 saturated carbocycles. The smallest absolute Gasteiger partial charge is 0.284 e. The maximum Gasteiger partial charge on any atom is 0.319 e. The second-order valence-electron chi connectivity index (χ2n) is 5.56. The molecule has 0 aliphatic heterocycles. The lowest BCUT2D eigenvalue weighted by Gasteiger charge is -2.07. The van der Waals surface area contributed by atoms with Crippen molar-refractivity contribution in [2.75, 3.05) is 0 Å². The lowest BCUT2D eigenvalue weighted by atomic mass is 10.0. The van der Waals surface area contributed by atoms with Gasteiger partial charge in [-0.15, -0.1) is 0 Å². The largest absolute Gasteiger partial charge is 0.319 e. The molecule has 0 amide bonds. The zero-order valence-electron chi connectivity index (χ0n) is 12.7. The summed E-state index contributed by atoms with van der Waals surface area (Å²) in [7, 11) is 0. The first kappa shape index (κ1) is 14.7. The summed E-state index contributed by atoms with van der Waals surface area (Å²) in [6.45, 7) is -1.11. The molecule has 0 fully saturated rings. The van der Waals surface area contributed by atoms with Crippen LogP contribution in [0.3, 0.4) is 0 Å². The lowest BCUT2D eigenvalue weighted by molar-refractivity contribution is 0.0796. The third-order valence-electron chi connectivity index (χ3n) is 4.16. The van der Waals surface area contributed by atoms with Crippen molar-refractivity contribution in [3.8, 4) is 11.1 Å². The van der Waals surface area contributed by atoms with Crippen molar-refractivity contribution in [3.63, 3.8) is 0 Å². The Morgan fingerprint density at radius 1 is 0.958 bits per heavy atom. The monoisotopic (exact) mass is 327 g/mol. The Labute approximate surface area is 135 Å². The van der Waals surface area contributed by atoms with Gasteiger partial charge in [0.25, 0.3) is 0 Å². The minimum absolute atomic E-state index is 0.299. The van der Waals surface area contributed by atoms with Gasteiger partial charge in [-0.3, -0.25) is 14.5 Å². The van der Waals surface area contributed by atoms with Crippen LogP contribution in [0.25, 0.3) is 32.9 Å². The highest BCUT2D eigenvalue weighted by atomic mass is 19.3. The summed E-state index contributed by atoms with van der Waals surface area (Å²) < 4.78 is 41.9. The number of aromatic nitrogens is 3. The van der Waals surface area contributed by atoms with Gasteiger partial charge in [0.2, 0.25) is 0 Å². The van der Waals surface area contributed by atoms with E-state index in [0.29, 0.717) is 38.6 Å². The molecule has 0 unspecified atom stereocenters. The van der Waals surface area contributed by atoms with Gasteiger partial charge in [0, 0.05) is 34.9 Å². The van der Waals surface area contributed by atoms with E-state index in [2.05, 4.69) is 9.97 Å². The fraction of sp³-hybridized carbons (Fsp3) is 0.111. The molecule has 0 atom stereocenters. The molecule has 0 aliphatic rings. The van der Waals surface area contributed by atoms with E-state index in [9.17, 15) is 13.2 Å². The van der Waals surface area contributed by atoms with Gasteiger partial charge in [0.15, 0.2) is 0 Å². The highest BCUT2D eigenvalue weighted by Crippen LogP contribution is 2.35. The summed E-state index contributed by atoms with van der Waals surface area (Å²) in [5.74, 6) is -0.425. The Morgan fingerprint density at radius 3 is 2.54 bits per heavy atom. The number of nitrogens with zero attached hydrogens (tertiary/aromatic N) is 3. The average molecular weight is 327 g/mol. The van der Waals surface area contributed by atoms with Crippen LogP contribution >= 0.6 is 0 Å². The van der Waals surface area contributed by atoms with Gasteiger partial charge in [-0.05, 0) is 30.7 Å². The second-order valence-corrected chi connectivity index (χ2v) is 5.56. The van der Waals surface area contributed by atoms with Crippen molar-refractivity contribution in [2.24, 2.45) is 0 Å². The SMILES string of the molecule is Cc1ncc(-c2ccc3c4cnccc4n(C(F)F)c3c2)cc1F. The molecule has 3 heterocycles. The summed E-state index contributed by atoms with van der Waals surface area (Å²) in [6, 6.07) is 8.09. The molecule has 120 valence electrons. The molecule has 0 saturated heterocycles. The summed E-state index contributed by atoms with van der Waals surface area (Å²) in [5.41, 5.74) is 2.27. The zero-order chi connectivity index (χ0) is 16.8. The summed E-state index contributed by atoms with van der Waals surface area (Å²) in [4.78, 5) is 8.02. The summed E-state index contributed by atoms with van der Waals surface area (Å²) in [5, 5.41) is 1.34. The minimum atomic E-state index is -2.68. The Kier molecular flexibility index (Phi) is 3.26. The molecule has 0 bridgehead atoms. The lowest BCUT2D eigenvalue weighted by Crippen LogP contribution is -1.97. The first-order valence-corrected chi connectivity index (χ1v) is 7.34. The predicted octanol–water partition coefficient (Wildman–Crippen LogP) is 5.09. The topological polar surface area (TPSA) is 30.7 Å². The number of rotatable bonds is 2. The number of benzene rings is 1. The van der Waals surface area contributed by atoms with Crippen LogP contribution in [0.4, 0.5) is 13.2 Å².